The van der Waals surface area contributed by atoms with Gasteiger partial charge in [-0.05, 0) is 51.1 Å². The van der Waals surface area contributed by atoms with Crippen LogP contribution in [-0.4, -0.2) is 39.1 Å². The molecule has 1 unspecified atom stereocenters. The molecular formula is C28H26ClN9O. The number of aryl methyl sites for hydroxylation is 3. The van der Waals surface area contributed by atoms with Crippen LogP contribution in [-0.2, 0) is 13.6 Å². The molecule has 0 saturated heterocycles. The van der Waals surface area contributed by atoms with Crippen LogP contribution in [0.1, 0.15) is 31.1 Å². The molecule has 0 bridgehead atoms. The second kappa shape index (κ2) is 9.63. The summed E-state index contributed by atoms with van der Waals surface area (Å²) in [7, 11) is 1.80. The summed E-state index contributed by atoms with van der Waals surface area (Å²) >= 11 is 6.25. The largest absolute Gasteiger partial charge is 0.375 e. The third-order valence-corrected chi connectivity index (χ3v) is 6.91. The highest BCUT2D eigenvalue weighted by atomic mass is 35.5. The SMILES string of the molecule is CCn1c(=O)c2cc(C)ccc2c2c(C(C)Nc3ccc(Cl)nc3-c3ncn(C)n3)nn(-c3ccccn3)c21. The Morgan fingerprint density at radius 2 is 1.90 bits per heavy atom. The lowest BCUT2D eigenvalue weighted by molar-refractivity contribution is 0.717. The Morgan fingerprint density at radius 3 is 2.62 bits per heavy atom. The Hall–Kier alpha value is -4.57. The van der Waals surface area contributed by atoms with Crippen LogP contribution in [0.3, 0.4) is 0 Å². The maximum absolute atomic E-state index is 13.7. The Kier molecular flexibility index (Phi) is 6.11. The van der Waals surface area contributed by atoms with E-state index in [2.05, 4.69) is 25.4 Å². The number of aromatic nitrogens is 8. The molecule has 0 aliphatic rings. The molecule has 0 amide bonds. The molecule has 1 atom stereocenters. The van der Waals surface area contributed by atoms with Crippen LogP contribution < -0.4 is 10.9 Å². The summed E-state index contributed by atoms with van der Waals surface area (Å²) in [6.45, 7) is 6.46. The molecule has 0 radical (unpaired) electrons. The zero-order chi connectivity index (χ0) is 27.3. The first-order chi connectivity index (χ1) is 18.9. The number of pyridine rings is 3. The Morgan fingerprint density at radius 1 is 1.05 bits per heavy atom. The molecule has 11 heteroatoms. The van der Waals surface area contributed by atoms with Crippen LogP contribution >= 0.6 is 11.6 Å². The molecule has 10 nitrogen and oxygen atoms in total. The number of nitrogens with one attached hydrogen (secondary N) is 1. The van der Waals surface area contributed by atoms with Crippen LogP contribution in [0.25, 0.3) is 39.1 Å². The number of hydrogen-bond donors (Lipinski definition) is 1. The van der Waals surface area contributed by atoms with Crippen LogP contribution in [0.15, 0.2) is 65.8 Å². The van der Waals surface area contributed by atoms with Crippen molar-refractivity contribution in [2.45, 2.75) is 33.4 Å². The van der Waals surface area contributed by atoms with E-state index < -0.39 is 0 Å². The minimum atomic E-state index is -0.296. The summed E-state index contributed by atoms with van der Waals surface area (Å²) in [5.41, 5.74) is 3.67. The fourth-order valence-electron chi connectivity index (χ4n) is 4.93. The zero-order valence-electron chi connectivity index (χ0n) is 21.9. The van der Waals surface area contributed by atoms with E-state index in [9.17, 15) is 4.79 Å². The van der Waals surface area contributed by atoms with Crippen molar-refractivity contribution in [2.24, 2.45) is 7.05 Å². The molecule has 5 aromatic heterocycles. The number of anilines is 1. The standard InChI is InChI=1S/C28H26ClN9O/c1-5-37-27-23(18-10-9-16(2)14-19(18)28(37)39)24(34-38(27)22-8-6-7-13-30-22)17(3)32-20-11-12-21(29)33-25(20)26-31-15-36(4)35-26/h6-15,17,32H,5H2,1-4H3. The van der Waals surface area contributed by atoms with Crippen molar-refractivity contribution in [1.29, 1.82) is 0 Å². The Bertz CT molecular complexity index is 1910. The van der Waals surface area contributed by atoms with Gasteiger partial charge in [-0.2, -0.15) is 9.78 Å². The lowest BCUT2D eigenvalue weighted by Gasteiger charge is -2.16. The van der Waals surface area contributed by atoms with Gasteiger partial charge in [-0.3, -0.25) is 14.0 Å². The summed E-state index contributed by atoms with van der Waals surface area (Å²) in [5, 5.41) is 15.8. The van der Waals surface area contributed by atoms with Crippen LogP contribution in [0.2, 0.25) is 5.15 Å². The van der Waals surface area contributed by atoms with Crippen LogP contribution in [0, 0.1) is 6.92 Å². The van der Waals surface area contributed by atoms with Crippen LogP contribution in [0.4, 0.5) is 5.69 Å². The number of rotatable bonds is 6. The molecule has 0 saturated carbocycles. The van der Waals surface area contributed by atoms with Gasteiger partial charge in [0.25, 0.3) is 5.56 Å². The van der Waals surface area contributed by atoms with Crippen molar-refractivity contribution >= 4 is 39.1 Å². The molecule has 0 aliphatic carbocycles. The summed E-state index contributed by atoms with van der Waals surface area (Å²) in [6.07, 6.45) is 3.33. The summed E-state index contributed by atoms with van der Waals surface area (Å²) in [4.78, 5) is 27.1. The topological polar surface area (TPSA) is 108 Å². The predicted octanol–water partition coefficient (Wildman–Crippen LogP) is 5.08. The normalized spacial score (nSPS) is 12.3. The summed E-state index contributed by atoms with van der Waals surface area (Å²) in [5.74, 6) is 1.08. The smallest absolute Gasteiger partial charge is 0.260 e. The maximum Gasteiger partial charge on any atom is 0.260 e. The fraction of sp³-hybridized carbons (Fsp3) is 0.214. The highest BCUT2D eigenvalue weighted by Crippen LogP contribution is 2.34. The van der Waals surface area contributed by atoms with Crippen LogP contribution in [0.5, 0.6) is 0 Å². The van der Waals surface area contributed by atoms with Gasteiger partial charge < -0.3 is 5.32 Å². The molecule has 6 rings (SSSR count). The van der Waals surface area contributed by atoms with Gasteiger partial charge >= 0.3 is 0 Å². The number of fused-ring (bicyclic) bond motifs is 3. The molecule has 1 N–H and O–H groups in total. The quantitative estimate of drug-likeness (QED) is 0.294. The van der Waals surface area contributed by atoms with Crippen molar-refractivity contribution in [3.63, 3.8) is 0 Å². The zero-order valence-corrected chi connectivity index (χ0v) is 22.7. The lowest BCUT2D eigenvalue weighted by Crippen LogP contribution is -2.22. The van der Waals surface area contributed by atoms with E-state index in [-0.39, 0.29) is 11.6 Å². The van der Waals surface area contributed by atoms with E-state index in [0.29, 0.717) is 45.8 Å². The summed E-state index contributed by atoms with van der Waals surface area (Å²) in [6, 6.07) is 14.9. The molecule has 1 aromatic carbocycles. The minimum absolute atomic E-state index is 0.0571. The van der Waals surface area contributed by atoms with Crippen molar-refractivity contribution in [1.82, 2.24) is 39.1 Å². The third kappa shape index (κ3) is 4.22. The average Bonchev–Trinajstić information content (AvgIpc) is 3.55. The summed E-state index contributed by atoms with van der Waals surface area (Å²) < 4.78 is 5.14. The van der Waals surface area contributed by atoms with Gasteiger partial charge in [-0.15, -0.1) is 5.10 Å². The molecule has 39 heavy (non-hydrogen) atoms. The second-order valence-corrected chi connectivity index (χ2v) is 9.81. The molecule has 0 aliphatic heterocycles. The molecule has 0 spiro atoms. The Balaban J connectivity index is 1.60. The predicted molar refractivity (Wildman–Crippen MR) is 152 cm³/mol. The number of nitrogens with zero attached hydrogens (tertiary/aromatic N) is 8. The van der Waals surface area contributed by atoms with Gasteiger partial charge in [0.2, 0.25) is 5.82 Å². The molecule has 0 fully saturated rings. The van der Waals surface area contributed by atoms with Crippen molar-refractivity contribution in [3.8, 4) is 17.3 Å². The Labute approximate surface area is 228 Å². The third-order valence-electron chi connectivity index (χ3n) is 6.70. The van der Waals surface area contributed by atoms with Gasteiger partial charge in [0.15, 0.2) is 5.82 Å². The second-order valence-electron chi connectivity index (χ2n) is 9.42. The van der Waals surface area contributed by atoms with Crippen molar-refractivity contribution < 1.29 is 0 Å². The number of benzene rings is 1. The molecule has 6 aromatic rings. The van der Waals surface area contributed by atoms with Gasteiger partial charge in [0.05, 0.1) is 22.8 Å². The van der Waals surface area contributed by atoms with E-state index in [1.165, 1.54) is 0 Å². The van der Waals surface area contributed by atoms with E-state index >= 15 is 0 Å². The highest BCUT2D eigenvalue weighted by molar-refractivity contribution is 6.29. The average molecular weight is 540 g/mol. The van der Waals surface area contributed by atoms with Gasteiger partial charge in [-0.25, -0.2) is 15.0 Å². The number of hydrogen-bond acceptors (Lipinski definition) is 7. The van der Waals surface area contributed by atoms with Gasteiger partial charge in [0, 0.05) is 30.6 Å². The first-order valence-corrected chi connectivity index (χ1v) is 13.0. The van der Waals surface area contributed by atoms with E-state index in [1.807, 2.05) is 63.2 Å². The first-order valence-electron chi connectivity index (χ1n) is 12.6. The van der Waals surface area contributed by atoms with E-state index in [0.717, 1.165) is 22.0 Å². The van der Waals surface area contributed by atoms with Crippen molar-refractivity contribution in [2.75, 3.05) is 5.32 Å². The monoisotopic (exact) mass is 539 g/mol. The maximum atomic E-state index is 13.7. The van der Waals surface area contributed by atoms with E-state index in [1.54, 1.807) is 39.6 Å². The lowest BCUT2D eigenvalue weighted by atomic mass is 10.0. The highest BCUT2D eigenvalue weighted by Gasteiger charge is 2.25. The van der Waals surface area contributed by atoms with Gasteiger partial charge in [0.1, 0.15) is 22.8 Å². The fourth-order valence-corrected chi connectivity index (χ4v) is 5.08. The van der Waals surface area contributed by atoms with Crippen molar-refractivity contribution in [3.05, 3.63) is 87.8 Å². The number of halogens is 1. The molecule has 5 heterocycles. The minimum Gasteiger partial charge on any atom is -0.375 e. The van der Waals surface area contributed by atoms with Gasteiger partial charge in [-0.1, -0.05) is 35.4 Å². The van der Waals surface area contributed by atoms with E-state index in [4.69, 9.17) is 16.7 Å². The molecule has 196 valence electrons. The first kappa shape index (κ1) is 24.7. The molecular weight excluding hydrogens is 514 g/mol.